The van der Waals surface area contributed by atoms with Gasteiger partial charge in [0.25, 0.3) is 11.8 Å². The summed E-state index contributed by atoms with van der Waals surface area (Å²) >= 11 is 4.34. The number of rotatable bonds is 8. The van der Waals surface area contributed by atoms with Crippen LogP contribution in [0.5, 0.6) is 5.75 Å². The topological polar surface area (TPSA) is 104 Å². The Hall–Kier alpha value is -2.14. The smallest absolute Gasteiger partial charge is 0.289 e. The van der Waals surface area contributed by atoms with Gasteiger partial charge in [-0.3, -0.25) is 14.5 Å². The number of benzene rings is 1. The molecule has 1 fully saturated rings. The van der Waals surface area contributed by atoms with Crippen molar-refractivity contribution in [2.24, 2.45) is 10.7 Å². The van der Waals surface area contributed by atoms with Crippen LogP contribution >= 0.6 is 12.6 Å². The molecule has 2 rings (SSSR count). The number of hydrogen-bond donors (Lipinski definition) is 3. The fourth-order valence-corrected chi connectivity index (χ4v) is 3.64. The van der Waals surface area contributed by atoms with Gasteiger partial charge in [0.15, 0.2) is 5.84 Å². The van der Waals surface area contributed by atoms with Crippen LogP contribution in [0.3, 0.4) is 0 Å². The van der Waals surface area contributed by atoms with Crippen LogP contribution in [0, 0.1) is 13.8 Å². The van der Waals surface area contributed by atoms with Crippen molar-refractivity contribution in [2.45, 2.75) is 31.6 Å². The fourth-order valence-electron chi connectivity index (χ4n) is 3.51. The molecule has 1 aromatic carbocycles. The first-order valence-electron chi connectivity index (χ1n) is 11.6. The molecule has 0 spiro atoms. The number of aryl methyl sites for hydroxylation is 2. The number of nitrogens with one attached hydrogen (secondary N) is 1. The zero-order valence-corrected chi connectivity index (χ0v) is 22.5. The molecule has 3 N–H and O–H groups in total. The number of aliphatic imine (C=N–C) groups is 1. The Balaban J connectivity index is 0.000000437. The van der Waals surface area contributed by atoms with Gasteiger partial charge in [-0.1, -0.05) is 0 Å². The average Bonchev–Trinajstić information content (AvgIpc) is 2.80. The minimum atomic E-state index is -0.433. The van der Waals surface area contributed by atoms with Gasteiger partial charge in [-0.15, -0.1) is 12.6 Å². The van der Waals surface area contributed by atoms with E-state index >= 15 is 0 Å². The lowest BCUT2D eigenvalue weighted by Crippen LogP contribution is -2.52. The summed E-state index contributed by atoms with van der Waals surface area (Å²) in [6.45, 7) is 9.22. The maximum atomic E-state index is 12.2. The number of carbonyl (C=O) groups excluding carboxylic acids is 2. The van der Waals surface area contributed by atoms with E-state index in [-0.39, 0.29) is 18.3 Å². The number of ether oxygens (including phenoxy) is 1. The Bertz CT molecular complexity index is 800. The number of carbonyl (C=O) groups is 2. The molecule has 0 aromatic heterocycles. The summed E-state index contributed by atoms with van der Waals surface area (Å²) < 4.78 is 5.10. The molecule has 0 aliphatic carbocycles. The number of thiol groups is 1. The Morgan fingerprint density at radius 3 is 2.24 bits per heavy atom. The van der Waals surface area contributed by atoms with Gasteiger partial charge in [0, 0.05) is 31.1 Å². The van der Waals surface area contributed by atoms with Crippen LogP contribution in [0.2, 0.25) is 0 Å². The number of piperazine rings is 1. The first kappa shape index (κ1) is 29.9. The van der Waals surface area contributed by atoms with Crippen LogP contribution in [-0.4, -0.2) is 106 Å². The van der Waals surface area contributed by atoms with E-state index in [2.05, 4.69) is 46.8 Å². The largest absolute Gasteiger partial charge is 0.497 e. The zero-order chi connectivity index (χ0) is 25.7. The first-order valence-corrected chi connectivity index (χ1v) is 12.1. The Morgan fingerprint density at radius 2 is 1.74 bits per heavy atom. The van der Waals surface area contributed by atoms with Gasteiger partial charge >= 0.3 is 0 Å². The predicted octanol–water partition coefficient (Wildman–Crippen LogP) is 1.18. The van der Waals surface area contributed by atoms with Gasteiger partial charge in [0.05, 0.1) is 13.7 Å². The number of methoxy groups -OCH3 is 1. The van der Waals surface area contributed by atoms with Gasteiger partial charge in [-0.25, -0.2) is 0 Å². The van der Waals surface area contributed by atoms with Crippen molar-refractivity contribution in [1.29, 1.82) is 0 Å². The number of likely N-dealkylation sites (N-methyl/N-ethyl adjacent to an activating group) is 1. The summed E-state index contributed by atoms with van der Waals surface area (Å²) in [6, 6.07) is 3.96. The Morgan fingerprint density at radius 1 is 1.15 bits per heavy atom. The molecule has 34 heavy (non-hydrogen) atoms. The van der Waals surface area contributed by atoms with E-state index in [0.717, 1.165) is 54.4 Å². The molecular weight excluding hydrogens is 452 g/mol. The first-order chi connectivity index (χ1) is 16.1. The molecule has 0 bridgehead atoms. The third-order valence-electron chi connectivity index (χ3n) is 5.48. The zero-order valence-electron chi connectivity index (χ0n) is 21.6. The highest BCUT2D eigenvalue weighted by molar-refractivity contribution is 7.80. The van der Waals surface area contributed by atoms with E-state index in [1.807, 2.05) is 26.0 Å². The summed E-state index contributed by atoms with van der Waals surface area (Å²) in [4.78, 5) is 34.4. The molecule has 2 amide bonds. The maximum absolute atomic E-state index is 12.2. The van der Waals surface area contributed by atoms with Crippen LogP contribution in [-0.2, 0) is 9.59 Å². The van der Waals surface area contributed by atoms with Crippen LogP contribution < -0.4 is 15.8 Å². The number of nitrogens with two attached hydrogens (primary N) is 1. The van der Waals surface area contributed by atoms with Gasteiger partial charge in [-0.2, -0.15) is 4.99 Å². The quantitative estimate of drug-likeness (QED) is 0.216. The van der Waals surface area contributed by atoms with Crippen molar-refractivity contribution in [3.63, 3.8) is 0 Å². The highest BCUT2D eigenvalue weighted by Gasteiger charge is 2.23. The van der Waals surface area contributed by atoms with Gasteiger partial charge < -0.3 is 25.6 Å². The molecule has 0 atom stereocenters. The second-order valence-corrected chi connectivity index (χ2v) is 9.12. The predicted molar refractivity (Wildman–Crippen MR) is 141 cm³/mol. The van der Waals surface area contributed by atoms with Crippen molar-refractivity contribution < 1.29 is 14.3 Å². The van der Waals surface area contributed by atoms with Crippen molar-refractivity contribution in [1.82, 2.24) is 20.0 Å². The monoisotopic (exact) mass is 494 g/mol. The lowest BCUT2D eigenvalue weighted by atomic mass is 10.1. The van der Waals surface area contributed by atoms with Crippen molar-refractivity contribution >= 4 is 30.3 Å². The summed E-state index contributed by atoms with van der Waals surface area (Å²) in [5, 5.41) is 2.68. The van der Waals surface area contributed by atoms with E-state index < -0.39 is 5.91 Å². The van der Waals surface area contributed by atoms with Crippen LogP contribution in [0.15, 0.2) is 22.0 Å². The standard InChI is InChI=1S/C15H30N6O2.C9H12OS/c1-17-12-13(22)18-14(16)15(23)21-10-8-20(9-11-21)7-5-4-6-19(2)3;1-6-4-8(10-3)5-7(2)9(6)11/h17H,4-12H2,1-3H3,(H2,16,18,22);4-5,11H,1-3H3. The average molecular weight is 495 g/mol. The van der Waals surface area contributed by atoms with E-state index in [0.29, 0.717) is 13.1 Å². The molecule has 10 heteroatoms. The second kappa shape index (κ2) is 15.7. The number of nitrogens with zero attached hydrogens (tertiary/aromatic N) is 4. The maximum Gasteiger partial charge on any atom is 0.289 e. The molecular formula is C24H42N6O3S. The van der Waals surface area contributed by atoms with Crippen LogP contribution in [0.25, 0.3) is 0 Å². The number of unbranched alkanes of at least 4 members (excludes halogenated alkanes) is 1. The molecule has 1 aliphatic heterocycles. The van der Waals surface area contributed by atoms with E-state index in [1.54, 1.807) is 19.1 Å². The highest BCUT2D eigenvalue weighted by Crippen LogP contribution is 2.23. The number of hydrogen-bond acceptors (Lipinski definition) is 7. The summed E-state index contributed by atoms with van der Waals surface area (Å²) in [6.07, 6.45) is 2.34. The molecule has 0 saturated carbocycles. The molecule has 1 aromatic rings. The second-order valence-electron chi connectivity index (χ2n) is 8.68. The molecule has 1 aliphatic rings. The third-order valence-corrected chi connectivity index (χ3v) is 6.19. The van der Waals surface area contributed by atoms with E-state index in [4.69, 9.17) is 10.5 Å². The molecule has 0 radical (unpaired) electrons. The van der Waals surface area contributed by atoms with Crippen LogP contribution in [0.4, 0.5) is 0 Å². The molecule has 192 valence electrons. The number of amidine groups is 1. The summed E-state index contributed by atoms with van der Waals surface area (Å²) in [5.41, 5.74) is 7.95. The summed E-state index contributed by atoms with van der Waals surface area (Å²) in [5.74, 6) is -0.0953. The highest BCUT2D eigenvalue weighted by atomic mass is 32.1. The third kappa shape index (κ3) is 10.9. The minimum Gasteiger partial charge on any atom is -0.497 e. The van der Waals surface area contributed by atoms with Crippen molar-refractivity contribution in [3.8, 4) is 5.75 Å². The molecule has 0 unspecified atom stereocenters. The number of amides is 2. The lowest BCUT2D eigenvalue weighted by Gasteiger charge is -2.34. The normalized spacial score (nSPS) is 14.6. The summed E-state index contributed by atoms with van der Waals surface area (Å²) in [7, 11) is 7.48. The van der Waals surface area contributed by atoms with Gasteiger partial charge in [0.1, 0.15) is 5.75 Å². The lowest BCUT2D eigenvalue weighted by molar-refractivity contribution is -0.126. The van der Waals surface area contributed by atoms with Crippen LogP contribution in [0.1, 0.15) is 24.0 Å². The minimum absolute atomic E-state index is 0.0781. The molecule has 1 saturated heterocycles. The Labute approximate surface area is 210 Å². The SMILES string of the molecule is CNCC(=O)N=C(N)C(=O)N1CCN(CCCCN(C)C)CC1.COc1cc(C)c(S)c(C)c1. The van der Waals surface area contributed by atoms with Crippen molar-refractivity contribution in [3.05, 3.63) is 23.3 Å². The molecule has 9 nitrogen and oxygen atoms in total. The van der Waals surface area contributed by atoms with Gasteiger partial charge in [0.2, 0.25) is 0 Å². The van der Waals surface area contributed by atoms with E-state index in [1.165, 1.54) is 6.42 Å². The van der Waals surface area contributed by atoms with E-state index in [9.17, 15) is 9.59 Å². The molecule has 1 heterocycles. The fraction of sp³-hybridized carbons (Fsp3) is 0.625. The van der Waals surface area contributed by atoms with Gasteiger partial charge in [-0.05, 0) is 84.2 Å². The van der Waals surface area contributed by atoms with Crippen molar-refractivity contribution in [2.75, 3.05) is 74.1 Å². The Kier molecular flexibility index (Phi) is 13.8.